The zero-order valence-corrected chi connectivity index (χ0v) is 18.3. The molecular weight excluding hydrogens is 426 g/mol. The van der Waals surface area contributed by atoms with Gasteiger partial charge in [0.05, 0.1) is 11.6 Å². The molecule has 6 nitrogen and oxygen atoms in total. The molecule has 1 fully saturated rings. The number of carbonyl (C=O) groups is 1. The van der Waals surface area contributed by atoms with E-state index in [1.165, 1.54) is 0 Å². The molecule has 0 spiro atoms. The van der Waals surface area contributed by atoms with Crippen LogP contribution in [0.2, 0.25) is 5.02 Å². The van der Waals surface area contributed by atoms with Crippen molar-refractivity contribution in [1.82, 2.24) is 14.9 Å². The first-order valence-electron chi connectivity index (χ1n) is 10.8. The summed E-state index contributed by atoms with van der Waals surface area (Å²) in [4.78, 5) is 22.8. The molecule has 0 bridgehead atoms. The van der Waals surface area contributed by atoms with E-state index in [-0.39, 0.29) is 5.92 Å². The van der Waals surface area contributed by atoms with Crippen molar-refractivity contribution in [1.29, 1.82) is 0 Å². The number of halogens is 1. The highest BCUT2D eigenvalue weighted by atomic mass is 35.5. The first-order valence-corrected chi connectivity index (χ1v) is 11.2. The smallest absolute Gasteiger partial charge is 0.306 e. The summed E-state index contributed by atoms with van der Waals surface area (Å²) in [5, 5.41) is 9.82. The first-order chi connectivity index (χ1) is 15.5. The predicted octanol–water partition coefficient (Wildman–Crippen LogP) is 4.60. The van der Waals surface area contributed by atoms with E-state index >= 15 is 0 Å². The van der Waals surface area contributed by atoms with Crippen molar-refractivity contribution in [3.8, 4) is 17.1 Å². The number of carboxylic acids is 1. The molecule has 1 aliphatic heterocycles. The molecule has 0 radical (unpaired) electrons. The van der Waals surface area contributed by atoms with Crippen molar-refractivity contribution >= 4 is 17.6 Å². The Labute approximate surface area is 191 Å². The molecule has 2 aromatic carbocycles. The maximum atomic E-state index is 11.1. The summed E-state index contributed by atoms with van der Waals surface area (Å²) in [5.74, 6) is 0.652. The van der Waals surface area contributed by atoms with Gasteiger partial charge in [0.1, 0.15) is 12.4 Å². The molecule has 1 aromatic heterocycles. The lowest BCUT2D eigenvalue weighted by Crippen LogP contribution is -2.48. The van der Waals surface area contributed by atoms with Crippen LogP contribution in [0.1, 0.15) is 29.7 Å². The summed E-state index contributed by atoms with van der Waals surface area (Å²) in [6.45, 7) is 2.19. The maximum Gasteiger partial charge on any atom is 0.306 e. The van der Waals surface area contributed by atoms with Gasteiger partial charge in [-0.05, 0) is 54.8 Å². The van der Waals surface area contributed by atoms with E-state index in [0.717, 1.165) is 66.3 Å². The van der Waals surface area contributed by atoms with E-state index in [4.69, 9.17) is 26.4 Å². The second-order valence-corrected chi connectivity index (χ2v) is 8.92. The third-order valence-corrected chi connectivity index (χ3v) is 6.63. The molecule has 0 atom stereocenters. The van der Waals surface area contributed by atoms with Gasteiger partial charge in [-0.25, -0.2) is 9.97 Å². The monoisotopic (exact) mass is 449 g/mol. The minimum Gasteiger partial charge on any atom is -0.489 e. The highest BCUT2D eigenvalue weighted by Gasteiger charge is 2.39. The molecule has 164 valence electrons. The molecule has 32 heavy (non-hydrogen) atoms. The van der Waals surface area contributed by atoms with Crippen LogP contribution >= 0.6 is 11.6 Å². The topological polar surface area (TPSA) is 75.5 Å². The summed E-state index contributed by atoms with van der Waals surface area (Å²) in [5.41, 5.74) is 4.24. The van der Waals surface area contributed by atoms with Crippen LogP contribution in [0.25, 0.3) is 11.4 Å². The summed E-state index contributed by atoms with van der Waals surface area (Å²) in [6, 6.07) is 15.8. The van der Waals surface area contributed by atoms with Crippen LogP contribution in [0.3, 0.4) is 0 Å². The molecule has 1 N–H and O–H groups in total. The third kappa shape index (κ3) is 4.47. The molecule has 0 saturated heterocycles. The number of ether oxygens (including phenoxy) is 1. The van der Waals surface area contributed by atoms with E-state index < -0.39 is 5.97 Å². The van der Waals surface area contributed by atoms with Crippen molar-refractivity contribution in [3.05, 3.63) is 76.6 Å². The average Bonchev–Trinajstić information content (AvgIpc) is 2.77. The van der Waals surface area contributed by atoms with Gasteiger partial charge in [-0.3, -0.25) is 9.69 Å². The zero-order chi connectivity index (χ0) is 22.1. The molecule has 0 amide bonds. The molecule has 1 aliphatic carbocycles. The number of rotatable bonds is 6. The summed E-state index contributed by atoms with van der Waals surface area (Å²) >= 11 is 5.92. The highest BCUT2D eigenvalue weighted by molar-refractivity contribution is 6.30. The Morgan fingerprint density at radius 3 is 2.59 bits per heavy atom. The van der Waals surface area contributed by atoms with Crippen molar-refractivity contribution in [2.45, 2.75) is 38.5 Å². The summed E-state index contributed by atoms with van der Waals surface area (Å²) in [7, 11) is 0. The fourth-order valence-corrected chi connectivity index (χ4v) is 4.45. The fourth-order valence-electron chi connectivity index (χ4n) is 4.32. The molecule has 7 heteroatoms. The van der Waals surface area contributed by atoms with E-state index in [2.05, 4.69) is 9.88 Å². The van der Waals surface area contributed by atoms with Crippen molar-refractivity contribution < 1.29 is 14.6 Å². The molecular formula is C25H24ClN3O3. The van der Waals surface area contributed by atoms with Crippen LogP contribution in [0, 0.1) is 5.92 Å². The molecule has 1 saturated carbocycles. The van der Waals surface area contributed by atoms with Crippen LogP contribution in [-0.4, -0.2) is 38.5 Å². The normalized spacial score (nSPS) is 20.3. The maximum absolute atomic E-state index is 11.1. The van der Waals surface area contributed by atoms with Crippen molar-refractivity contribution in [2.75, 3.05) is 6.54 Å². The second-order valence-electron chi connectivity index (χ2n) is 8.49. The standard InChI is InChI=1S/C25H24ClN3O3/c26-20-5-1-16(2-6-20)15-32-22-7-3-17(4-8-22)24-27-13-19-14-29(10-9-23(19)28-24)21-11-18(12-21)25(30)31/h1-8,13,18,21H,9-12,14-15H2,(H,30,31). The van der Waals surface area contributed by atoms with E-state index in [1.54, 1.807) is 0 Å². The number of aliphatic carboxylic acids is 1. The largest absolute Gasteiger partial charge is 0.489 e. The lowest BCUT2D eigenvalue weighted by atomic mass is 9.78. The number of carboxylic acid groups (broad SMARTS) is 1. The van der Waals surface area contributed by atoms with Crippen molar-refractivity contribution in [2.24, 2.45) is 5.92 Å². The molecule has 0 unspecified atom stereocenters. The molecule has 2 aliphatic rings. The van der Waals surface area contributed by atoms with Gasteiger partial charge in [0.2, 0.25) is 0 Å². The third-order valence-electron chi connectivity index (χ3n) is 6.37. The van der Waals surface area contributed by atoms with Crippen molar-refractivity contribution in [3.63, 3.8) is 0 Å². The fraction of sp³-hybridized carbons (Fsp3) is 0.320. The Hall–Kier alpha value is -2.96. The van der Waals surface area contributed by atoms with E-state index in [0.29, 0.717) is 17.7 Å². The summed E-state index contributed by atoms with van der Waals surface area (Å²) in [6.07, 6.45) is 4.27. The van der Waals surface area contributed by atoms with Gasteiger partial charge in [-0.15, -0.1) is 0 Å². The van der Waals surface area contributed by atoms with Gasteiger partial charge in [0, 0.05) is 47.9 Å². The Kier molecular flexibility index (Phi) is 5.81. The predicted molar refractivity (Wildman–Crippen MR) is 122 cm³/mol. The van der Waals surface area contributed by atoms with Gasteiger partial charge < -0.3 is 9.84 Å². The van der Waals surface area contributed by atoms with Gasteiger partial charge >= 0.3 is 5.97 Å². The quantitative estimate of drug-likeness (QED) is 0.592. The lowest BCUT2D eigenvalue weighted by molar-refractivity contribution is -0.147. The van der Waals surface area contributed by atoms with Gasteiger partial charge in [-0.1, -0.05) is 23.7 Å². The Morgan fingerprint density at radius 1 is 1.12 bits per heavy atom. The molecule has 2 heterocycles. The van der Waals surface area contributed by atoms with Gasteiger partial charge in [0.25, 0.3) is 0 Å². The number of hydrogen-bond donors (Lipinski definition) is 1. The highest BCUT2D eigenvalue weighted by Crippen LogP contribution is 2.34. The lowest BCUT2D eigenvalue weighted by Gasteiger charge is -2.43. The number of fused-ring (bicyclic) bond motifs is 1. The summed E-state index contributed by atoms with van der Waals surface area (Å²) < 4.78 is 5.86. The molecule has 3 aromatic rings. The van der Waals surface area contributed by atoms with E-state index in [1.807, 2.05) is 54.7 Å². The molecule has 5 rings (SSSR count). The number of nitrogens with zero attached hydrogens (tertiary/aromatic N) is 3. The zero-order valence-electron chi connectivity index (χ0n) is 17.6. The number of aromatic nitrogens is 2. The minimum absolute atomic E-state index is 0.182. The van der Waals surface area contributed by atoms with Crippen LogP contribution in [0.5, 0.6) is 5.75 Å². The van der Waals surface area contributed by atoms with Crippen LogP contribution in [-0.2, 0) is 24.4 Å². The Balaban J connectivity index is 1.21. The SMILES string of the molecule is O=C(O)C1CC(N2CCc3nc(-c4ccc(OCc5ccc(Cl)cc5)cc4)ncc3C2)C1. The van der Waals surface area contributed by atoms with Crippen LogP contribution < -0.4 is 4.74 Å². The van der Waals surface area contributed by atoms with Crippen LogP contribution in [0.4, 0.5) is 0 Å². The van der Waals surface area contributed by atoms with Gasteiger partial charge in [0.15, 0.2) is 5.82 Å². The van der Waals surface area contributed by atoms with Crippen LogP contribution in [0.15, 0.2) is 54.7 Å². The number of benzene rings is 2. The minimum atomic E-state index is -0.673. The second kappa shape index (κ2) is 8.88. The first kappa shape index (κ1) is 20.9. The van der Waals surface area contributed by atoms with E-state index in [9.17, 15) is 4.79 Å². The average molecular weight is 450 g/mol. The van der Waals surface area contributed by atoms with Gasteiger partial charge in [-0.2, -0.15) is 0 Å². The Morgan fingerprint density at radius 2 is 1.88 bits per heavy atom. The number of hydrogen-bond acceptors (Lipinski definition) is 5. The Bertz CT molecular complexity index is 1110.